The molecule has 0 aliphatic carbocycles. The van der Waals surface area contributed by atoms with Gasteiger partial charge in [-0.2, -0.15) is 4.98 Å². The predicted molar refractivity (Wildman–Crippen MR) is 113 cm³/mol. The minimum absolute atomic E-state index is 0.00581. The smallest absolute Gasteiger partial charge is 0.225 e. The van der Waals surface area contributed by atoms with Gasteiger partial charge in [0.05, 0.1) is 31.1 Å². The zero-order chi connectivity index (χ0) is 19.9. The van der Waals surface area contributed by atoms with E-state index in [9.17, 15) is 5.11 Å². The number of rotatable bonds is 8. The zero-order valence-electron chi connectivity index (χ0n) is 16.4. The van der Waals surface area contributed by atoms with E-state index in [1.165, 1.54) is 0 Å². The Morgan fingerprint density at radius 2 is 1.71 bits per heavy atom. The van der Waals surface area contributed by atoms with Crippen molar-refractivity contribution < 1.29 is 9.84 Å². The highest BCUT2D eigenvalue weighted by molar-refractivity contribution is 5.69. The van der Waals surface area contributed by atoms with Crippen LogP contribution in [0, 0.1) is 5.92 Å². The highest BCUT2D eigenvalue weighted by Crippen LogP contribution is 2.29. The topological polar surface area (TPSA) is 79.3 Å². The minimum Gasteiger partial charge on any atom is -0.495 e. The second kappa shape index (κ2) is 9.19. The number of benzene rings is 2. The van der Waals surface area contributed by atoms with E-state index in [1.54, 1.807) is 7.11 Å². The fourth-order valence-corrected chi connectivity index (χ4v) is 2.81. The number of ether oxygens (including phenoxy) is 1. The first kappa shape index (κ1) is 19.6. The summed E-state index contributed by atoms with van der Waals surface area (Å²) < 4.78 is 5.42. The van der Waals surface area contributed by atoms with E-state index in [2.05, 4.69) is 20.6 Å². The molecule has 0 saturated carbocycles. The van der Waals surface area contributed by atoms with Gasteiger partial charge in [0.15, 0.2) is 0 Å². The maximum atomic E-state index is 9.67. The van der Waals surface area contributed by atoms with Crippen molar-refractivity contribution in [3.8, 4) is 17.0 Å². The van der Waals surface area contributed by atoms with Gasteiger partial charge in [-0.25, -0.2) is 4.98 Å². The average molecular weight is 378 g/mol. The lowest BCUT2D eigenvalue weighted by molar-refractivity contribution is 0.248. The third kappa shape index (κ3) is 4.78. The number of nitrogens with one attached hydrogen (secondary N) is 2. The number of aliphatic hydroxyl groups is 1. The maximum Gasteiger partial charge on any atom is 0.225 e. The quantitative estimate of drug-likeness (QED) is 0.542. The first-order valence-electron chi connectivity index (χ1n) is 9.32. The fraction of sp³-hybridized carbons (Fsp3) is 0.273. The molecule has 3 aromatic rings. The molecule has 0 spiro atoms. The van der Waals surface area contributed by atoms with Crippen LogP contribution in [0.4, 0.5) is 17.5 Å². The van der Waals surface area contributed by atoms with E-state index < -0.39 is 0 Å². The summed E-state index contributed by atoms with van der Waals surface area (Å²) in [6.45, 7) is 4.09. The van der Waals surface area contributed by atoms with Crippen LogP contribution in [-0.4, -0.2) is 34.8 Å². The number of aliphatic hydroxyl groups excluding tert-OH is 1. The van der Waals surface area contributed by atoms with Crippen LogP contribution < -0.4 is 15.4 Å². The Morgan fingerprint density at radius 1 is 1.00 bits per heavy atom. The Morgan fingerprint density at radius 3 is 2.39 bits per heavy atom. The number of hydrogen-bond acceptors (Lipinski definition) is 6. The molecule has 0 aliphatic heterocycles. The third-order valence-electron chi connectivity index (χ3n) is 4.48. The molecule has 28 heavy (non-hydrogen) atoms. The summed E-state index contributed by atoms with van der Waals surface area (Å²) in [5, 5.41) is 16.2. The Balaban J connectivity index is 1.99. The van der Waals surface area contributed by atoms with Gasteiger partial charge < -0.3 is 20.5 Å². The lowest BCUT2D eigenvalue weighted by atomic mass is 10.1. The molecule has 6 heteroatoms. The molecular formula is C22H26N4O2. The third-order valence-corrected chi connectivity index (χ3v) is 4.48. The molecule has 2 aromatic carbocycles. The first-order chi connectivity index (χ1) is 13.6. The summed E-state index contributed by atoms with van der Waals surface area (Å²) in [6.07, 6.45) is 0. The highest BCUT2D eigenvalue weighted by Gasteiger charge is 2.15. The second-order valence-corrected chi connectivity index (χ2v) is 6.83. The highest BCUT2D eigenvalue weighted by atomic mass is 16.5. The summed E-state index contributed by atoms with van der Waals surface area (Å²) in [6, 6.07) is 19.4. The van der Waals surface area contributed by atoms with Gasteiger partial charge in [-0.1, -0.05) is 56.3 Å². The molecule has 6 nitrogen and oxygen atoms in total. The number of methoxy groups -OCH3 is 1. The summed E-state index contributed by atoms with van der Waals surface area (Å²) in [4.78, 5) is 9.25. The standard InChI is InChI=1S/C22H26N4O2/c1-15(2)19(14-27)25-22-24-18(16-9-5-4-6-10-16)13-21(26-22)23-17-11-7-8-12-20(17)28-3/h4-13,15,19,27H,14H2,1-3H3,(H2,23,24,25,26)/t19-/m0/s1. The van der Waals surface area contributed by atoms with E-state index >= 15 is 0 Å². The lowest BCUT2D eigenvalue weighted by Crippen LogP contribution is -2.30. The molecule has 0 aliphatic rings. The molecule has 0 bridgehead atoms. The Bertz CT molecular complexity index is 900. The van der Waals surface area contributed by atoms with Gasteiger partial charge in [0, 0.05) is 11.6 Å². The number of hydrogen-bond donors (Lipinski definition) is 3. The molecule has 0 unspecified atom stereocenters. The average Bonchev–Trinajstić information content (AvgIpc) is 2.72. The predicted octanol–water partition coefficient (Wildman–Crippen LogP) is 4.32. The summed E-state index contributed by atoms with van der Waals surface area (Å²) >= 11 is 0. The number of anilines is 3. The van der Waals surface area contributed by atoms with Gasteiger partial charge in [0.2, 0.25) is 5.95 Å². The van der Waals surface area contributed by atoms with Crippen LogP contribution in [0.25, 0.3) is 11.3 Å². The lowest BCUT2D eigenvalue weighted by Gasteiger charge is -2.21. The van der Waals surface area contributed by atoms with E-state index in [-0.39, 0.29) is 18.6 Å². The monoisotopic (exact) mass is 378 g/mol. The van der Waals surface area contributed by atoms with Gasteiger partial charge >= 0.3 is 0 Å². The van der Waals surface area contributed by atoms with E-state index in [0.29, 0.717) is 11.8 Å². The van der Waals surface area contributed by atoms with Crippen LogP contribution >= 0.6 is 0 Å². The van der Waals surface area contributed by atoms with Crippen LogP contribution in [0.5, 0.6) is 5.75 Å². The Labute approximate surface area is 165 Å². The number of aromatic nitrogens is 2. The Kier molecular flexibility index (Phi) is 6.45. The largest absolute Gasteiger partial charge is 0.495 e. The molecular weight excluding hydrogens is 352 g/mol. The molecule has 0 fully saturated rings. The molecule has 0 amide bonds. The van der Waals surface area contributed by atoms with Gasteiger partial charge in [0.25, 0.3) is 0 Å². The molecule has 0 saturated heterocycles. The number of para-hydroxylation sites is 2. The molecule has 1 heterocycles. The Hall–Kier alpha value is -3.12. The van der Waals surface area contributed by atoms with E-state index in [0.717, 1.165) is 22.7 Å². The van der Waals surface area contributed by atoms with E-state index in [1.807, 2.05) is 74.5 Å². The van der Waals surface area contributed by atoms with Crippen molar-refractivity contribution in [1.29, 1.82) is 0 Å². The van der Waals surface area contributed by atoms with Crippen molar-refractivity contribution in [1.82, 2.24) is 9.97 Å². The minimum atomic E-state index is -0.134. The number of nitrogens with zero attached hydrogens (tertiary/aromatic N) is 2. The van der Waals surface area contributed by atoms with Gasteiger partial charge in [-0.3, -0.25) is 0 Å². The first-order valence-corrected chi connectivity index (χ1v) is 9.32. The van der Waals surface area contributed by atoms with Crippen LogP contribution in [0.1, 0.15) is 13.8 Å². The maximum absolute atomic E-state index is 9.67. The van der Waals surface area contributed by atoms with Crippen molar-refractivity contribution in [2.45, 2.75) is 19.9 Å². The molecule has 3 rings (SSSR count). The van der Waals surface area contributed by atoms with Crippen molar-refractivity contribution in [2.75, 3.05) is 24.4 Å². The van der Waals surface area contributed by atoms with Crippen LogP contribution in [0.2, 0.25) is 0 Å². The van der Waals surface area contributed by atoms with Crippen molar-refractivity contribution >= 4 is 17.5 Å². The van der Waals surface area contributed by atoms with Crippen LogP contribution in [-0.2, 0) is 0 Å². The fourth-order valence-electron chi connectivity index (χ4n) is 2.81. The normalized spacial score (nSPS) is 11.9. The van der Waals surface area contributed by atoms with E-state index in [4.69, 9.17) is 4.74 Å². The van der Waals surface area contributed by atoms with Crippen molar-refractivity contribution in [3.63, 3.8) is 0 Å². The molecule has 146 valence electrons. The van der Waals surface area contributed by atoms with Gasteiger partial charge in [-0.05, 0) is 18.1 Å². The van der Waals surface area contributed by atoms with Crippen molar-refractivity contribution in [2.24, 2.45) is 5.92 Å². The molecule has 1 atom stereocenters. The molecule has 0 radical (unpaired) electrons. The van der Waals surface area contributed by atoms with Crippen LogP contribution in [0.3, 0.4) is 0 Å². The van der Waals surface area contributed by atoms with Crippen molar-refractivity contribution in [3.05, 3.63) is 60.7 Å². The van der Waals surface area contributed by atoms with Crippen LogP contribution in [0.15, 0.2) is 60.7 Å². The summed E-state index contributed by atoms with van der Waals surface area (Å²) in [7, 11) is 1.64. The molecule has 1 aromatic heterocycles. The summed E-state index contributed by atoms with van der Waals surface area (Å²) in [5.41, 5.74) is 2.59. The summed E-state index contributed by atoms with van der Waals surface area (Å²) in [5.74, 6) is 2.07. The van der Waals surface area contributed by atoms with Gasteiger partial charge in [0.1, 0.15) is 11.6 Å². The second-order valence-electron chi connectivity index (χ2n) is 6.83. The molecule has 3 N–H and O–H groups in total. The van der Waals surface area contributed by atoms with Gasteiger partial charge in [-0.15, -0.1) is 0 Å². The SMILES string of the molecule is COc1ccccc1Nc1cc(-c2ccccc2)nc(N[C@@H](CO)C(C)C)n1. The zero-order valence-corrected chi connectivity index (χ0v) is 16.4.